The fraction of sp³-hybridized carbons (Fsp3) is 0.500. The van der Waals surface area contributed by atoms with Crippen LogP contribution in [-0.4, -0.2) is 40.6 Å². The molecule has 0 atom stereocenters. The van der Waals surface area contributed by atoms with Crippen molar-refractivity contribution in [3.05, 3.63) is 35.4 Å². The Morgan fingerprint density at radius 2 is 1.90 bits per heavy atom. The van der Waals surface area contributed by atoms with Crippen LogP contribution < -0.4 is 5.32 Å². The van der Waals surface area contributed by atoms with Gasteiger partial charge >= 0.3 is 12.0 Å². The first kappa shape index (κ1) is 17.0. The average Bonchev–Trinajstić information content (AvgIpc) is 2.41. The highest BCUT2D eigenvalue weighted by molar-refractivity contribution is 5.85. The molecule has 5 nitrogen and oxygen atoms in total. The average molecular weight is 292 g/mol. The Balaban J connectivity index is 2.60. The van der Waals surface area contributed by atoms with E-state index in [1.807, 2.05) is 31.2 Å². The zero-order valence-electron chi connectivity index (χ0n) is 13.1. The number of nitrogens with zero attached hydrogens (tertiary/aromatic N) is 1. The second kappa shape index (κ2) is 7.11. The van der Waals surface area contributed by atoms with Gasteiger partial charge in [-0.1, -0.05) is 24.3 Å². The normalized spacial score (nSPS) is 11.0. The SMILES string of the molecule is CCN(C(=O)NCCc1ccccc1C)C(C)(C)C(=O)O. The molecule has 0 radical (unpaired) electrons. The molecule has 0 fully saturated rings. The summed E-state index contributed by atoms with van der Waals surface area (Å²) in [5.41, 5.74) is 1.14. The fourth-order valence-corrected chi connectivity index (χ4v) is 2.20. The second-order valence-corrected chi connectivity index (χ2v) is 5.52. The van der Waals surface area contributed by atoms with E-state index in [2.05, 4.69) is 5.32 Å². The molecule has 0 saturated heterocycles. The number of benzene rings is 1. The van der Waals surface area contributed by atoms with Gasteiger partial charge in [-0.2, -0.15) is 0 Å². The second-order valence-electron chi connectivity index (χ2n) is 5.52. The van der Waals surface area contributed by atoms with E-state index >= 15 is 0 Å². The van der Waals surface area contributed by atoms with E-state index in [9.17, 15) is 14.7 Å². The highest BCUT2D eigenvalue weighted by atomic mass is 16.4. The number of rotatable bonds is 6. The lowest BCUT2D eigenvalue weighted by molar-refractivity contribution is -0.147. The van der Waals surface area contributed by atoms with Gasteiger partial charge in [0.2, 0.25) is 0 Å². The van der Waals surface area contributed by atoms with E-state index in [1.54, 1.807) is 6.92 Å². The first-order valence-electron chi connectivity index (χ1n) is 7.14. The van der Waals surface area contributed by atoms with Gasteiger partial charge in [-0.25, -0.2) is 9.59 Å². The molecule has 5 heteroatoms. The molecule has 21 heavy (non-hydrogen) atoms. The Morgan fingerprint density at radius 3 is 2.43 bits per heavy atom. The quantitative estimate of drug-likeness (QED) is 0.846. The standard InChI is InChI=1S/C16H24N2O3/c1-5-18(16(3,4)14(19)20)15(21)17-11-10-13-9-7-6-8-12(13)2/h6-9H,5,10-11H2,1-4H3,(H,17,21)(H,19,20). The number of aryl methyl sites for hydroxylation is 1. The lowest BCUT2D eigenvalue weighted by atomic mass is 10.0. The van der Waals surface area contributed by atoms with Crippen molar-refractivity contribution in [3.63, 3.8) is 0 Å². The van der Waals surface area contributed by atoms with Crippen molar-refractivity contribution in [3.8, 4) is 0 Å². The van der Waals surface area contributed by atoms with Crippen LogP contribution in [0.25, 0.3) is 0 Å². The van der Waals surface area contributed by atoms with Gasteiger partial charge in [0.1, 0.15) is 5.54 Å². The van der Waals surface area contributed by atoms with Gasteiger partial charge in [-0.15, -0.1) is 0 Å². The summed E-state index contributed by atoms with van der Waals surface area (Å²) < 4.78 is 0. The van der Waals surface area contributed by atoms with Crippen molar-refractivity contribution >= 4 is 12.0 Å². The summed E-state index contributed by atoms with van der Waals surface area (Å²) in [4.78, 5) is 24.7. The Labute approximate surface area is 126 Å². The van der Waals surface area contributed by atoms with E-state index in [0.29, 0.717) is 13.1 Å². The number of urea groups is 1. The molecule has 1 aromatic rings. The molecular weight excluding hydrogens is 268 g/mol. The molecular formula is C16H24N2O3. The van der Waals surface area contributed by atoms with Crippen molar-refractivity contribution < 1.29 is 14.7 Å². The van der Waals surface area contributed by atoms with E-state index in [-0.39, 0.29) is 6.03 Å². The number of likely N-dealkylation sites (N-methyl/N-ethyl adjacent to an activating group) is 1. The summed E-state index contributed by atoms with van der Waals surface area (Å²) in [5.74, 6) is -1.02. The molecule has 0 aromatic heterocycles. The van der Waals surface area contributed by atoms with E-state index < -0.39 is 11.5 Å². The Kier molecular flexibility index (Phi) is 5.76. The third-order valence-electron chi connectivity index (χ3n) is 3.69. The molecule has 0 aliphatic carbocycles. The van der Waals surface area contributed by atoms with Crippen LogP contribution in [-0.2, 0) is 11.2 Å². The van der Waals surface area contributed by atoms with Crippen LogP contribution in [0.2, 0.25) is 0 Å². The molecule has 116 valence electrons. The number of amides is 2. The van der Waals surface area contributed by atoms with Crippen molar-refractivity contribution in [2.75, 3.05) is 13.1 Å². The van der Waals surface area contributed by atoms with Crippen LogP contribution in [0.1, 0.15) is 31.9 Å². The molecule has 2 amide bonds. The molecule has 0 spiro atoms. The number of hydrogen-bond acceptors (Lipinski definition) is 2. The van der Waals surface area contributed by atoms with Gasteiger partial charge in [0.05, 0.1) is 0 Å². The number of carbonyl (C=O) groups is 2. The minimum atomic E-state index is -1.22. The molecule has 0 aliphatic rings. The number of hydrogen-bond donors (Lipinski definition) is 2. The lowest BCUT2D eigenvalue weighted by Gasteiger charge is -2.34. The van der Waals surface area contributed by atoms with E-state index in [4.69, 9.17) is 0 Å². The molecule has 2 N–H and O–H groups in total. The van der Waals surface area contributed by atoms with Crippen molar-refractivity contribution in [2.45, 2.75) is 39.7 Å². The first-order chi connectivity index (χ1) is 9.80. The summed E-state index contributed by atoms with van der Waals surface area (Å²) in [5, 5.41) is 12.0. The predicted octanol–water partition coefficient (Wildman–Crippen LogP) is 2.43. The Hall–Kier alpha value is -2.04. The van der Waals surface area contributed by atoms with E-state index in [0.717, 1.165) is 6.42 Å². The van der Waals surface area contributed by atoms with Crippen LogP contribution in [0, 0.1) is 6.92 Å². The highest BCUT2D eigenvalue weighted by Gasteiger charge is 2.36. The fourth-order valence-electron chi connectivity index (χ4n) is 2.20. The van der Waals surface area contributed by atoms with Crippen LogP contribution in [0.5, 0.6) is 0 Å². The number of aliphatic carboxylic acids is 1. The molecule has 1 rings (SSSR count). The zero-order valence-corrected chi connectivity index (χ0v) is 13.1. The smallest absolute Gasteiger partial charge is 0.329 e. The molecule has 1 aromatic carbocycles. The highest BCUT2D eigenvalue weighted by Crippen LogP contribution is 2.14. The third kappa shape index (κ3) is 4.21. The molecule has 0 aliphatic heterocycles. The number of nitrogens with one attached hydrogen (secondary N) is 1. The lowest BCUT2D eigenvalue weighted by Crippen LogP contribution is -2.56. The first-order valence-corrected chi connectivity index (χ1v) is 7.14. The van der Waals surface area contributed by atoms with Gasteiger partial charge in [-0.05, 0) is 45.2 Å². The van der Waals surface area contributed by atoms with Crippen molar-refractivity contribution in [2.24, 2.45) is 0 Å². The van der Waals surface area contributed by atoms with Crippen molar-refractivity contribution in [1.82, 2.24) is 10.2 Å². The maximum atomic E-state index is 12.2. The maximum absolute atomic E-state index is 12.2. The summed E-state index contributed by atoms with van der Waals surface area (Å²) in [6.45, 7) is 7.68. The van der Waals surface area contributed by atoms with E-state index in [1.165, 1.54) is 29.9 Å². The summed E-state index contributed by atoms with van der Waals surface area (Å²) >= 11 is 0. The molecule has 0 heterocycles. The molecule has 0 saturated carbocycles. The van der Waals surface area contributed by atoms with Crippen molar-refractivity contribution in [1.29, 1.82) is 0 Å². The van der Waals surface area contributed by atoms with Gasteiger partial charge in [0.25, 0.3) is 0 Å². The Bertz CT molecular complexity index is 512. The van der Waals surface area contributed by atoms with Gasteiger partial charge in [-0.3, -0.25) is 0 Å². The van der Waals surface area contributed by atoms with Gasteiger partial charge < -0.3 is 15.3 Å². The maximum Gasteiger partial charge on any atom is 0.329 e. The number of carbonyl (C=O) groups excluding carboxylic acids is 1. The van der Waals surface area contributed by atoms with Crippen LogP contribution >= 0.6 is 0 Å². The summed E-state index contributed by atoms with van der Waals surface area (Å²) in [7, 11) is 0. The molecule has 0 unspecified atom stereocenters. The third-order valence-corrected chi connectivity index (χ3v) is 3.69. The minimum absolute atomic E-state index is 0.343. The van der Waals surface area contributed by atoms with Crippen LogP contribution in [0.4, 0.5) is 4.79 Å². The van der Waals surface area contributed by atoms with Crippen LogP contribution in [0.15, 0.2) is 24.3 Å². The largest absolute Gasteiger partial charge is 0.480 e. The summed E-state index contributed by atoms with van der Waals surface area (Å²) in [6, 6.07) is 7.66. The summed E-state index contributed by atoms with van der Waals surface area (Å²) in [6.07, 6.45) is 0.726. The number of carboxylic acid groups (broad SMARTS) is 1. The zero-order chi connectivity index (χ0) is 16.0. The van der Waals surface area contributed by atoms with Gasteiger partial charge in [0, 0.05) is 13.1 Å². The topological polar surface area (TPSA) is 69.6 Å². The van der Waals surface area contributed by atoms with Crippen LogP contribution in [0.3, 0.4) is 0 Å². The minimum Gasteiger partial charge on any atom is -0.480 e. The molecule has 0 bridgehead atoms. The number of carboxylic acids is 1. The monoisotopic (exact) mass is 292 g/mol. The predicted molar refractivity (Wildman–Crippen MR) is 82.4 cm³/mol. The Morgan fingerprint density at radius 1 is 1.29 bits per heavy atom. The van der Waals surface area contributed by atoms with Gasteiger partial charge in [0.15, 0.2) is 0 Å².